The molecular formula is C24H20Cl2N2. The fraction of sp³-hybridized carbons (Fsp3) is 0.125. The van der Waals surface area contributed by atoms with E-state index in [1.807, 2.05) is 42.5 Å². The van der Waals surface area contributed by atoms with E-state index in [1.165, 1.54) is 11.1 Å². The van der Waals surface area contributed by atoms with E-state index in [4.69, 9.17) is 28.2 Å². The van der Waals surface area contributed by atoms with Gasteiger partial charge in [0, 0.05) is 16.6 Å². The molecule has 140 valence electrons. The first-order valence-electron chi connectivity index (χ1n) is 9.15. The van der Waals surface area contributed by atoms with Crippen molar-refractivity contribution in [1.29, 1.82) is 0 Å². The Hall–Kier alpha value is -2.55. The number of imidazole rings is 1. The number of rotatable bonds is 4. The van der Waals surface area contributed by atoms with Crippen LogP contribution in [0.3, 0.4) is 0 Å². The fourth-order valence-corrected chi connectivity index (χ4v) is 3.59. The SMILES string of the molecule is Cc1cc2nc(/C=C/c3ccc(Cl)cc3)n(Cc3cccc(Cl)c3)c2cc1C. The Morgan fingerprint density at radius 3 is 2.36 bits per heavy atom. The molecule has 4 aromatic rings. The van der Waals surface area contributed by atoms with Crippen molar-refractivity contribution in [3.05, 3.63) is 98.8 Å². The Labute approximate surface area is 175 Å². The highest BCUT2D eigenvalue weighted by Crippen LogP contribution is 2.24. The van der Waals surface area contributed by atoms with Gasteiger partial charge in [0.2, 0.25) is 0 Å². The standard InChI is InChI=1S/C24H20Cl2N2/c1-16-12-22-23(13-17(16)2)28(15-19-4-3-5-21(26)14-19)24(27-22)11-8-18-6-9-20(25)10-7-18/h3-14H,15H2,1-2H3/b11-8+. The third kappa shape index (κ3) is 3.99. The zero-order chi connectivity index (χ0) is 19.7. The summed E-state index contributed by atoms with van der Waals surface area (Å²) in [5.74, 6) is 0.912. The summed E-state index contributed by atoms with van der Waals surface area (Å²) in [6.45, 7) is 4.96. The van der Waals surface area contributed by atoms with Crippen LogP contribution < -0.4 is 0 Å². The topological polar surface area (TPSA) is 17.8 Å². The summed E-state index contributed by atoms with van der Waals surface area (Å²) in [6.07, 6.45) is 4.12. The van der Waals surface area contributed by atoms with Gasteiger partial charge < -0.3 is 4.57 Å². The van der Waals surface area contributed by atoms with Gasteiger partial charge in [0.15, 0.2) is 0 Å². The summed E-state index contributed by atoms with van der Waals surface area (Å²) in [5, 5.41) is 1.48. The minimum absolute atomic E-state index is 0.708. The number of nitrogens with zero attached hydrogens (tertiary/aromatic N) is 2. The molecule has 3 aromatic carbocycles. The quantitative estimate of drug-likeness (QED) is 0.350. The Bertz CT molecular complexity index is 1170. The molecule has 0 unspecified atom stereocenters. The zero-order valence-corrected chi connectivity index (χ0v) is 17.3. The van der Waals surface area contributed by atoms with Crippen LogP contribution in [0.15, 0.2) is 60.7 Å². The van der Waals surface area contributed by atoms with Gasteiger partial charge >= 0.3 is 0 Å². The van der Waals surface area contributed by atoms with Crippen molar-refractivity contribution < 1.29 is 0 Å². The molecule has 1 aromatic heterocycles. The number of benzene rings is 3. The third-order valence-electron chi connectivity index (χ3n) is 4.92. The van der Waals surface area contributed by atoms with E-state index >= 15 is 0 Å². The van der Waals surface area contributed by atoms with E-state index < -0.39 is 0 Å². The maximum atomic E-state index is 6.19. The Balaban J connectivity index is 1.80. The lowest BCUT2D eigenvalue weighted by molar-refractivity contribution is 0.813. The van der Waals surface area contributed by atoms with Crippen LogP contribution >= 0.6 is 23.2 Å². The highest BCUT2D eigenvalue weighted by Gasteiger charge is 2.11. The predicted molar refractivity (Wildman–Crippen MR) is 120 cm³/mol. The number of hydrogen-bond donors (Lipinski definition) is 0. The van der Waals surface area contributed by atoms with Crippen LogP contribution in [0.5, 0.6) is 0 Å². The maximum Gasteiger partial charge on any atom is 0.134 e. The lowest BCUT2D eigenvalue weighted by Crippen LogP contribution is -2.02. The molecule has 0 aliphatic rings. The van der Waals surface area contributed by atoms with Crippen molar-refractivity contribution in [2.45, 2.75) is 20.4 Å². The predicted octanol–water partition coefficient (Wildman–Crippen LogP) is 7.18. The van der Waals surface area contributed by atoms with E-state index in [1.54, 1.807) is 0 Å². The van der Waals surface area contributed by atoms with E-state index in [9.17, 15) is 0 Å². The first-order chi connectivity index (χ1) is 13.5. The minimum Gasteiger partial charge on any atom is -0.320 e. The van der Waals surface area contributed by atoms with Gasteiger partial charge in [-0.1, -0.05) is 53.5 Å². The van der Waals surface area contributed by atoms with Crippen LogP contribution in [0.25, 0.3) is 23.2 Å². The molecule has 0 aliphatic heterocycles. The third-order valence-corrected chi connectivity index (χ3v) is 5.40. The van der Waals surface area contributed by atoms with Crippen LogP contribution in [0.1, 0.15) is 28.1 Å². The minimum atomic E-state index is 0.708. The summed E-state index contributed by atoms with van der Waals surface area (Å²) >= 11 is 12.2. The van der Waals surface area contributed by atoms with Crippen molar-refractivity contribution in [2.24, 2.45) is 0 Å². The fourth-order valence-electron chi connectivity index (χ4n) is 3.25. The first kappa shape index (κ1) is 18.8. The maximum absolute atomic E-state index is 6.19. The molecule has 0 bridgehead atoms. The summed E-state index contributed by atoms with van der Waals surface area (Å²) in [5.41, 5.74) is 6.85. The molecular weight excluding hydrogens is 387 g/mol. The second-order valence-electron chi connectivity index (χ2n) is 7.00. The molecule has 0 amide bonds. The monoisotopic (exact) mass is 406 g/mol. The van der Waals surface area contributed by atoms with Crippen LogP contribution in [0, 0.1) is 13.8 Å². The Morgan fingerprint density at radius 2 is 1.61 bits per heavy atom. The van der Waals surface area contributed by atoms with Crippen molar-refractivity contribution in [3.8, 4) is 0 Å². The number of aromatic nitrogens is 2. The lowest BCUT2D eigenvalue weighted by Gasteiger charge is -2.09. The number of hydrogen-bond acceptors (Lipinski definition) is 1. The molecule has 4 heteroatoms. The molecule has 0 saturated carbocycles. The van der Waals surface area contributed by atoms with Gasteiger partial charge in [-0.2, -0.15) is 0 Å². The highest BCUT2D eigenvalue weighted by atomic mass is 35.5. The van der Waals surface area contributed by atoms with Crippen LogP contribution in [-0.4, -0.2) is 9.55 Å². The van der Waals surface area contributed by atoms with Gasteiger partial charge in [-0.15, -0.1) is 0 Å². The average Bonchev–Trinajstić information content (AvgIpc) is 2.98. The molecule has 0 atom stereocenters. The van der Waals surface area contributed by atoms with E-state index in [0.717, 1.165) is 38.0 Å². The molecule has 0 aliphatic carbocycles. The van der Waals surface area contributed by atoms with Crippen LogP contribution in [0.2, 0.25) is 10.0 Å². The largest absolute Gasteiger partial charge is 0.320 e. The normalized spacial score (nSPS) is 11.6. The molecule has 0 N–H and O–H groups in total. The van der Waals surface area contributed by atoms with Gasteiger partial charge in [0.25, 0.3) is 0 Å². The van der Waals surface area contributed by atoms with Crippen molar-refractivity contribution in [1.82, 2.24) is 9.55 Å². The molecule has 0 spiro atoms. The zero-order valence-electron chi connectivity index (χ0n) is 15.8. The molecule has 0 fully saturated rings. The number of fused-ring (bicyclic) bond motifs is 1. The van der Waals surface area contributed by atoms with Gasteiger partial charge in [0.1, 0.15) is 5.82 Å². The second-order valence-corrected chi connectivity index (χ2v) is 7.87. The number of aryl methyl sites for hydroxylation is 2. The molecule has 0 radical (unpaired) electrons. The molecule has 2 nitrogen and oxygen atoms in total. The average molecular weight is 407 g/mol. The van der Waals surface area contributed by atoms with Crippen molar-refractivity contribution >= 4 is 46.4 Å². The highest BCUT2D eigenvalue weighted by molar-refractivity contribution is 6.30. The smallest absolute Gasteiger partial charge is 0.134 e. The van der Waals surface area contributed by atoms with Crippen molar-refractivity contribution in [2.75, 3.05) is 0 Å². The summed E-state index contributed by atoms with van der Waals surface area (Å²) in [4.78, 5) is 4.88. The Morgan fingerprint density at radius 1 is 0.857 bits per heavy atom. The first-order valence-corrected chi connectivity index (χ1v) is 9.91. The molecule has 28 heavy (non-hydrogen) atoms. The van der Waals surface area contributed by atoms with Gasteiger partial charge in [-0.05, 0) is 78.6 Å². The van der Waals surface area contributed by atoms with E-state index in [-0.39, 0.29) is 0 Å². The molecule has 0 saturated heterocycles. The summed E-state index contributed by atoms with van der Waals surface area (Å²) in [6, 6.07) is 20.1. The van der Waals surface area contributed by atoms with Gasteiger partial charge in [0.05, 0.1) is 11.0 Å². The lowest BCUT2D eigenvalue weighted by atomic mass is 10.1. The van der Waals surface area contributed by atoms with Crippen LogP contribution in [-0.2, 0) is 6.54 Å². The van der Waals surface area contributed by atoms with Gasteiger partial charge in [-0.25, -0.2) is 4.98 Å². The Kier molecular flexibility index (Phi) is 5.25. The number of halogens is 2. The molecule has 4 rings (SSSR count). The van der Waals surface area contributed by atoms with Crippen molar-refractivity contribution in [3.63, 3.8) is 0 Å². The van der Waals surface area contributed by atoms with Gasteiger partial charge in [-0.3, -0.25) is 0 Å². The van der Waals surface area contributed by atoms with E-state index in [2.05, 4.69) is 48.8 Å². The summed E-state index contributed by atoms with van der Waals surface area (Å²) in [7, 11) is 0. The van der Waals surface area contributed by atoms with Crippen LogP contribution in [0.4, 0.5) is 0 Å². The summed E-state index contributed by atoms with van der Waals surface area (Å²) < 4.78 is 2.24. The molecule has 1 heterocycles. The second kappa shape index (κ2) is 7.83. The van der Waals surface area contributed by atoms with E-state index in [0.29, 0.717) is 6.54 Å².